The minimum atomic E-state index is -0.131. The molecule has 0 aliphatic carbocycles. The maximum absolute atomic E-state index is 11.6. The molecule has 2 rings (SSSR count). The summed E-state index contributed by atoms with van der Waals surface area (Å²) >= 11 is 0. The average Bonchev–Trinajstić information content (AvgIpc) is 2.81. The SMILES string of the molecule is CNC(=O)c1ccccc1-c1ccon1. The fraction of sp³-hybridized carbons (Fsp3) is 0.0909. The number of rotatable bonds is 2. The molecule has 1 aromatic heterocycles. The molecular formula is C11H10N2O2. The standard InChI is InChI=1S/C11H10N2O2/c1-12-11(14)9-5-3-2-4-8(9)10-6-7-15-13-10/h2-7H,1H3,(H,12,14). The van der Waals surface area contributed by atoms with Crippen molar-refractivity contribution in [2.45, 2.75) is 0 Å². The molecule has 1 aromatic carbocycles. The third-order valence-corrected chi connectivity index (χ3v) is 2.11. The molecule has 0 spiro atoms. The molecule has 0 aliphatic heterocycles. The molecule has 1 amide bonds. The Labute approximate surface area is 86.9 Å². The number of nitrogens with zero attached hydrogens (tertiary/aromatic N) is 1. The van der Waals surface area contributed by atoms with E-state index in [0.29, 0.717) is 11.3 Å². The first-order valence-electron chi connectivity index (χ1n) is 4.55. The Morgan fingerprint density at radius 2 is 2.13 bits per heavy atom. The summed E-state index contributed by atoms with van der Waals surface area (Å²) in [6, 6.07) is 8.98. The molecule has 4 heteroatoms. The van der Waals surface area contributed by atoms with Crippen molar-refractivity contribution in [2.24, 2.45) is 0 Å². The van der Waals surface area contributed by atoms with Crippen molar-refractivity contribution in [1.82, 2.24) is 10.5 Å². The zero-order valence-electron chi connectivity index (χ0n) is 8.23. The Hall–Kier alpha value is -2.10. The number of hydrogen-bond donors (Lipinski definition) is 1. The minimum absolute atomic E-state index is 0.131. The Bertz CT molecular complexity index is 463. The largest absolute Gasteiger partial charge is 0.364 e. The summed E-state index contributed by atoms with van der Waals surface area (Å²) in [5, 5.41) is 6.40. The quantitative estimate of drug-likeness (QED) is 0.806. The van der Waals surface area contributed by atoms with Crippen molar-refractivity contribution < 1.29 is 9.32 Å². The van der Waals surface area contributed by atoms with Crippen LogP contribution >= 0.6 is 0 Å². The van der Waals surface area contributed by atoms with Crippen molar-refractivity contribution in [1.29, 1.82) is 0 Å². The molecular weight excluding hydrogens is 192 g/mol. The van der Waals surface area contributed by atoms with E-state index in [4.69, 9.17) is 4.52 Å². The van der Waals surface area contributed by atoms with Crippen molar-refractivity contribution >= 4 is 5.91 Å². The van der Waals surface area contributed by atoms with E-state index in [-0.39, 0.29) is 5.91 Å². The molecule has 76 valence electrons. The van der Waals surface area contributed by atoms with Gasteiger partial charge >= 0.3 is 0 Å². The summed E-state index contributed by atoms with van der Waals surface area (Å²) in [5.74, 6) is -0.131. The van der Waals surface area contributed by atoms with Gasteiger partial charge in [0.05, 0.1) is 0 Å². The molecule has 0 fully saturated rings. The molecule has 1 N–H and O–H groups in total. The number of aromatic nitrogens is 1. The van der Waals surface area contributed by atoms with Crippen LogP contribution in [0.4, 0.5) is 0 Å². The van der Waals surface area contributed by atoms with Gasteiger partial charge in [-0.1, -0.05) is 23.4 Å². The van der Waals surface area contributed by atoms with E-state index < -0.39 is 0 Å². The fourth-order valence-electron chi connectivity index (χ4n) is 1.39. The number of benzene rings is 1. The van der Waals surface area contributed by atoms with Crippen molar-refractivity contribution in [2.75, 3.05) is 7.05 Å². The van der Waals surface area contributed by atoms with Crippen LogP contribution in [0.3, 0.4) is 0 Å². The van der Waals surface area contributed by atoms with Crippen molar-refractivity contribution in [3.8, 4) is 11.3 Å². The number of nitrogens with one attached hydrogen (secondary N) is 1. The molecule has 1 heterocycles. The van der Waals surface area contributed by atoms with Gasteiger partial charge < -0.3 is 9.84 Å². The molecule has 0 radical (unpaired) electrons. The first kappa shape index (κ1) is 9.45. The van der Waals surface area contributed by atoms with Gasteiger partial charge in [0.15, 0.2) is 0 Å². The summed E-state index contributed by atoms with van der Waals surface area (Å²) in [6.07, 6.45) is 1.48. The molecule has 2 aromatic rings. The van der Waals surface area contributed by atoms with Gasteiger partial charge in [-0.3, -0.25) is 4.79 Å². The Balaban J connectivity index is 2.52. The van der Waals surface area contributed by atoms with Crippen LogP contribution in [0.1, 0.15) is 10.4 Å². The summed E-state index contributed by atoms with van der Waals surface area (Å²) in [7, 11) is 1.60. The maximum atomic E-state index is 11.6. The molecule has 0 unspecified atom stereocenters. The van der Waals surface area contributed by atoms with Gasteiger partial charge in [0, 0.05) is 24.2 Å². The van der Waals surface area contributed by atoms with Gasteiger partial charge in [0.2, 0.25) is 0 Å². The number of amides is 1. The molecule has 4 nitrogen and oxygen atoms in total. The van der Waals surface area contributed by atoms with Gasteiger partial charge in [-0.2, -0.15) is 0 Å². The van der Waals surface area contributed by atoms with Gasteiger partial charge in [-0.15, -0.1) is 0 Å². The lowest BCUT2D eigenvalue weighted by Crippen LogP contribution is -2.18. The lowest BCUT2D eigenvalue weighted by atomic mass is 10.0. The van der Waals surface area contributed by atoms with Crippen LogP contribution in [-0.4, -0.2) is 18.1 Å². The van der Waals surface area contributed by atoms with E-state index in [1.54, 1.807) is 19.2 Å². The molecule has 15 heavy (non-hydrogen) atoms. The molecule has 0 bridgehead atoms. The Kier molecular flexibility index (Phi) is 2.49. The molecule has 0 atom stereocenters. The third-order valence-electron chi connectivity index (χ3n) is 2.11. The number of carbonyl (C=O) groups excluding carboxylic acids is 1. The zero-order chi connectivity index (χ0) is 10.7. The van der Waals surface area contributed by atoms with Crippen LogP contribution in [0.2, 0.25) is 0 Å². The number of carbonyl (C=O) groups is 1. The van der Waals surface area contributed by atoms with Gasteiger partial charge in [0.1, 0.15) is 12.0 Å². The second kappa shape index (κ2) is 3.96. The highest BCUT2D eigenvalue weighted by atomic mass is 16.5. The van der Waals surface area contributed by atoms with E-state index in [0.717, 1.165) is 5.56 Å². The predicted molar refractivity (Wildman–Crippen MR) is 55.3 cm³/mol. The van der Waals surface area contributed by atoms with Crippen LogP contribution in [0.15, 0.2) is 41.1 Å². The zero-order valence-corrected chi connectivity index (χ0v) is 8.23. The number of hydrogen-bond acceptors (Lipinski definition) is 3. The summed E-state index contributed by atoms with van der Waals surface area (Å²) in [6.45, 7) is 0. The van der Waals surface area contributed by atoms with Crippen LogP contribution in [-0.2, 0) is 0 Å². The third kappa shape index (κ3) is 1.74. The van der Waals surface area contributed by atoms with E-state index in [9.17, 15) is 4.79 Å². The maximum Gasteiger partial charge on any atom is 0.251 e. The van der Waals surface area contributed by atoms with Gasteiger partial charge in [-0.25, -0.2) is 0 Å². The highest BCUT2D eigenvalue weighted by molar-refractivity contribution is 6.00. The molecule has 0 aliphatic rings. The fourth-order valence-corrected chi connectivity index (χ4v) is 1.39. The minimum Gasteiger partial charge on any atom is -0.364 e. The summed E-state index contributed by atoms with van der Waals surface area (Å²) in [4.78, 5) is 11.6. The Morgan fingerprint density at radius 1 is 1.33 bits per heavy atom. The van der Waals surface area contributed by atoms with E-state index in [1.807, 2.05) is 18.2 Å². The van der Waals surface area contributed by atoms with E-state index in [2.05, 4.69) is 10.5 Å². The van der Waals surface area contributed by atoms with E-state index >= 15 is 0 Å². The van der Waals surface area contributed by atoms with Crippen LogP contribution in [0.25, 0.3) is 11.3 Å². The average molecular weight is 202 g/mol. The normalized spacial score (nSPS) is 9.93. The second-order valence-electron chi connectivity index (χ2n) is 3.01. The van der Waals surface area contributed by atoms with Crippen molar-refractivity contribution in [3.63, 3.8) is 0 Å². The lowest BCUT2D eigenvalue weighted by Gasteiger charge is -2.04. The molecule has 0 saturated heterocycles. The molecule has 0 saturated carbocycles. The second-order valence-corrected chi connectivity index (χ2v) is 3.01. The smallest absolute Gasteiger partial charge is 0.251 e. The monoisotopic (exact) mass is 202 g/mol. The summed E-state index contributed by atoms with van der Waals surface area (Å²) in [5.41, 5.74) is 2.02. The lowest BCUT2D eigenvalue weighted by molar-refractivity contribution is 0.0963. The first-order valence-corrected chi connectivity index (χ1v) is 4.55. The van der Waals surface area contributed by atoms with E-state index in [1.165, 1.54) is 6.26 Å². The summed E-state index contributed by atoms with van der Waals surface area (Å²) < 4.78 is 4.76. The first-order chi connectivity index (χ1) is 7.33. The Morgan fingerprint density at radius 3 is 2.80 bits per heavy atom. The topological polar surface area (TPSA) is 55.1 Å². The predicted octanol–water partition coefficient (Wildman–Crippen LogP) is 1.70. The highest BCUT2D eigenvalue weighted by Gasteiger charge is 2.12. The van der Waals surface area contributed by atoms with Crippen LogP contribution < -0.4 is 5.32 Å². The highest BCUT2D eigenvalue weighted by Crippen LogP contribution is 2.21. The van der Waals surface area contributed by atoms with Crippen LogP contribution in [0.5, 0.6) is 0 Å². The van der Waals surface area contributed by atoms with Gasteiger partial charge in [0.25, 0.3) is 5.91 Å². The van der Waals surface area contributed by atoms with Gasteiger partial charge in [-0.05, 0) is 6.07 Å². The van der Waals surface area contributed by atoms with Crippen LogP contribution in [0, 0.1) is 0 Å². The van der Waals surface area contributed by atoms with Crippen molar-refractivity contribution in [3.05, 3.63) is 42.2 Å².